The van der Waals surface area contributed by atoms with Gasteiger partial charge in [0, 0.05) is 11.1 Å². The number of rotatable bonds is 1. The summed E-state index contributed by atoms with van der Waals surface area (Å²) in [5.74, 6) is 0.949. The van der Waals surface area contributed by atoms with Crippen LogP contribution in [0.1, 0.15) is 11.6 Å². The Morgan fingerprint density at radius 2 is 2.17 bits per heavy atom. The van der Waals surface area contributed by atoms with Crippen molar-refractivity contribution in [2.75, 3.05) is 19.6 Å². The first-order chi connectivity index (χ1) is 11.1. The molecule has 3 nitrogen and oxygen atoms in total. The first kappa shape index (κ1) is 15.6. The van der Waals surface area contributed by atoms with Gasteiger partial charge in [0.15, 0.2) is 0 Å². The number of nitrogens with zero attached hydrogens (tertiary/aromatic N) is 3. The van der Waals surface area contributed by atoms with Gasteiger partial charge in [-0.1, -0.05) is 70.3 Å². The van der Waals surface area contributed by atoms with Crippen molar-refractivity contribution < 1.29 is 0 Å². The Labute approximate surface area is 154 Å². The Kier molecular flexibility index (Phi) is 4.17. The van der Waals surface area contributed by atoms with Crippen molar-refractivity contribution >= 4 is 55.6 Å². The molecule has 118 valence electrons. The molecule has 0 spiro atoms. The van der Waals surface area contributed by atoms with E-state index in [0.717, 1.165) is 28.3 Å². The number of hydrogen-bond acceptors (Lipinski definition) is 4. The van der Waals surface area contributed by atoms with Crippen LogP contribution in [-0.4, -0.2) is 44.3 Å². The van der Waals surface area contributed by atoms with Crippen LogP contribution in [-0.2, 0) is 0 Å². The van der Waals surface area contributed by atoms with E-state index in [1.54, 1.807) is 11.8 Å². The third-order valence-electron chi connectivity index (χ3n) is 4.19. The van der Waals surface area contributed by atoms with Crippen LogP contribution < -0.4 is 0 Å². The predicted molar refractivity (Wildman–Crippen MR) is 106 cm³/mol. The molecule has 1 aromatic carbocycles. The minimum Gasteiger partial charge on any atom is -0.333 e. The molecule has 0 saturated carbocycles. The average Bonchev–Trinajstić information content (AvgIpc) is 2.55. The Morgan fingerprint density at radius 3 is 3.04 bits per heavy atom. The number of fused-ring (bicyclic) bond motifs is 2. The van der Waals surface area contributed by atoms with Crippen molar-refractivity contribution in [3.63, 3.8) is 0 Å². The number of thioether (sulfide) groups is 1. The topological polar surface area (TPSA) is 18.8 Å². The molecule has 0 N–H and O–H groups in total. The Morgan fingerprint density at radius 1 is 1.35 bits per heavy atom. The number of halogens is 1. The predicted octanol–water partition coefficient (Wildman–Crippen LogP) is 4.25. The lowest BCUT2D eigenvalue weighted by atomic mass is 9.87. The van der Waals surface area contributed by atoms with E-state index < -0.39 is 0 Å². The number of thiocarbonyl (C=S) groups is 1. The lowest BCUT2D eigenvalue weighted by Gasteiger charge is -2.43. The number of benzene rings is 1. The molecule has 0 amide bonds. The molecule has 2 atom stereocenters. The highest BCUT2D eigenvalue weighted by Gasteiger charge is 2.36. The Hall–Kier alpha value is -0.950. The van der Waals surface area contributed by atoms with Gasteiger partial charge in [-0.2, -0.15) is 0 Å². The summed E-state index contributed by atoms with van der Waals surface area (Å²) < 4.78 is 0.964. The van der Waals surface area contributed by atoms with Crippen molar-refractivity contribution in [3.05, 3.63) is 53.6 Å². The molecule has 23 heavy (non-hydrogen) atoms. The second kappa shape index (κ2) is 6.16. The highest BCUT2D eigenvalue weighted by molar-refractivity contribution is 9.09. The van der Waals surface area contributed by atoms with Gasteiger partial charge in [-0.25, -0.2) is 4.99 Å². The van der Waals surface area contributed by atoms with Gasteiger partial charge in [0.25, 0.3) is 0 Å². The summed E-state index contributed by atoms with van der Waals surface area (Å²) in [6.07, 6.45) is 6.49. The first-order valence-electron chi connectivity index (χ1n) is 7.47. The number of hydrogen-bond donors (Lipinski definition) is 0. The third-order valence-corrected chi connectivity index (χ3v) is 6.40. The van der Waals surface area contributed by atoms with E-state index in [9.17, 15) is 0 Å². The summed E-state index contributed by atoms with van der Waals surface area (Å²) in [5, 5.41) is 0. The molecule has 2 unspecified atom stereocenters. The maximum absolute atomic E-state index is 5.68. The van der Waals surface area contributed by atoms with E-state index >= 15 is 0 Å². The number of para-hydroxylation sites is 1. The number of aliphatic imine (C=N–C) groups is 1. The average molecular weight is 406 g/mol. The van der Waals surface area contributed by atoms with E-state index in [1.807, 2.05) is 6.07 Å². The second-order valence-corrected chi connectivity index (χ2v) is 8.53. The summed E-state index contributed by atoms with van der Waals surface area (Å²) in [6.45, 7) is 0.839. The maximum atomic E-state index is 5.68. The fraction of sp³-hybridized carbons (Fsp3) is 0.294. The van der Waals surface area contributed by atoms with Crippen molar-refractivity contribution in [2.45, 2.75) is 10.9 Å². The smallest absolute Gasteiger partial charge is 0.139 e. The number of allylic oxidation sites excluding steroid dienone is 3. The van der Waals surface area contributed by atoms with E-state index in [0.29, 0.717) is 0 Å². The zero-order valence-corrected chi connectivity index (χ0v) is 15.9. The van der Waals surface area contributed by atoms with Gasteiger partial charge in [0.05, 0.1) is 34.8 Å². The van der Waals surface area contributed by atoms with Crippen LogP contribution in [0.2, 0.25) is 0 Å². The largest absolute Gasteiger partial charge is 0.333 e. The number of alkyl halides is 1. The van der Waals surface area contributed by atoms with E-state index in [1.165, 1.54) is 11.1 Å². The van der Waals surface area contributed by atoms with Crippen molar-refractivity contribution in [1.82, 2.24) is 9.80 Å². The van der Waals surface area contributed by atoms with E-state index in [-0.39, 0.29) is 10.9 Å². The van der Waals surface area contributed by atoms with E-state index in [2.05, 4.69) is 69.2 Å². The van der Waals surface area contributed by atoms with Crippen LogP contribution in [0.4, 0.5) is 5.69 Å². The Bertz CT molecular complexity index is 756. The van der Waals surface area contributed by atoms with Crippen molar-refractivity contribution in [1.29, 1.82) is 0 Å². The van der Waals surface area contributed by atoms with Gasteiger partial charge in [-0.15, -0.1) is 0 Å². The van der Waals surface area contributed by atoms with Gasteiger partial charge in [0.1, 0.15) is 4.32 Å². The maximum Gasteiger partial charge on any atom is 0.139 e. The minimum atomic E-state index is 0.131. The second-order valence-electron chi connectivity index (χ2n) is 5.89. The van der Waals surface area contributed by atoms with Crippen LogP contribution in [0.3, 0.4) is 0 Å². The van der Waals surface area contributed by atoms with E-state index in [4.69, 9.17) is 17.2 Å². The normalized spacial score (nSPS) is 27.2. The molecule has 0 bridgehead atoms. The van der Waals surface area contributed by atoms with Crippen LogP contribution in [0.15, 0.2) is 53.1 Å². The molecule has 1 fully saturated rings. The molecular weight excluding hydrogens is 390 g/mol. The zero-order chi connectivity index (χ0) is 16.0. The summed E-state index contributed by atoms with van der Waals surface area (Å²) in [7, 11) is 2.13. The minimum absolute atomic E-state index is 0.131. The molecule has 4 rings (SSSR count). The quantitative estimate of drug-likeness (QED) is 0.513. The van der Waals surface area contributed by atoms with Crippen LogP contribution in [0.25, 0.3) is 0 Å². The van der Waals surface area contributed by atoms with Gasteiger partial charge in [-0.3, -0.25) is 4.90 Å². The molecular formula is C17H16BrN3S2. The third kappa shape index (κ3) is 2.82. The molecule has 3 aliphatic rings. The highest BCUT2D eigenvalue weighted by atomic mass is 79.9. The molecule has 1 aromatic rings. The zero-order valence-electron chi connectivity index (χ0n) is 12.6. The molecule has 1 aliphatic carbocycles. The lowest BCUT2D eigenvalue weighted by molar-refractivity contribution is 0.221. The van der Waals surface area contributed by atoms with Crippen molar-refractivity contribution in [3.8, 4) is 0 Å². The molecule has 1 saturated heterocycles. The summed E-state index contributed by atoms with van der Waals surface area (Å²) in [5.41, 5.74) is 4.57. The highest BCUT2D eigenvalue weighted by Crippen LogP contribution is 2.43. The standard InChI is InChI=1S/C17H16BrN3S2/c1-20-9-21(17(22)23-10-20)16-12-4-2-3-5-14(12)19-15-7-6-11(18)8-13(15)16/h2-8,11,16H,9-10H2,1H3. The summed E-state index contributed by atoms with van der Waals surface area (Å²) >= 11 is 11.1. The first-order valence-corrected chi connectivity index (χ1v) is 9.78. The lowest BCUT2D eigenvalue weighted by Crippen LogP contribution is -2.46. The monoisotopic (exact) mass is 405 g/mol. The van der Waals surface area contributed by atoms with Crippen LogP contribution >= 0.6 is 39.9 Å². The molecule has 6 heteroatoms. The van der Waals surface area contributed by atoms with Crippen molar-refractivity contribution in [2.24, 2.45) is 4.99 Å². The van der Waals surface area contributed by atoms with Crippen LogP contribution in [0.5, 0.6) is 0 Å². The van der Waals surface area contributed by atoms with Crippen LogP contribution in [0, 0.1) is 0 Å². The SMILES string of the molecule is CN1CSC(=S)N(C2C3=CC(Br)C=CC3=Nc3ccccc32)C1. The van der Waals surface area contributed by atoms with Gasteiger partial charge >= 0.3 is 0 Å². The molecule has 0 aromatic heterocycles. The fourth-order valence-corrected chi connectivity index (χ4v) is 4.67. The summed E-state index contributed by atoms with van der Waals surface area (Å²) in [6, 6.07) is 8.52. The summed E-state index contributed by atoms with van der Waals surface area (Å²) in [4.78, 5) is 9.70. The molecule has 2 aliphatic heterocycles. The molecule has 0 radical (unpaired) electrons. The van der Waals surface area contributed by atoms with Gasteiger partial charge in [-0.05, 0) is 19.2 Å². The molecule has 2 heterocycles. The fourth-order valence-electron chi connectivity index (χ4n) is 3.17. The van der Waals surface area contributed by atoms with Gasteiger partial charge in [0.2, 0.25) is 0 Å². The Balaban J connectivity index is 1.85. The van der Waals surface area contributed by atoms with Gasteiger partial charge < -0.3 is 4.90 Å².